The monoisotopic (exact) mass is 241 g/mol. The van der Waals surface area contributed by atoms with Gasteiger partial charge in [-0.05, 0) is 26.0 Å². The lowest BCUT2D eigenvalue weighted by Crippen LogP contribution is -2.03. The largest absolute Gasteiger partial charge is 0.355 e. The van der Waals surface area contributed by atoms with Crippen molar-refractivity contribution in [2.24, 2.45) is 0 Å². The molecule has 1 N–H and O–H groups in total. The zero-order chi connectivity index (χ0) is 13.1. The van der Waals surface area contributed by atoms with Crippen LogP contribution >= 0.6 is 0 Å². The summed E-state index contributed by atoms with van der Waals surface area (Å²) in [5.74, 6) is 0.0241. The Morgan fingerprint density at radius 3 is 2.33 bits per heavy atom. The molecule has 0 aliphatic rings. The molecule has 0 unspecified atom stereocenters. The zero-order valence-electron chi connectivity index (χ0n) is 10.5. The summed E-state index contributed by atoms with van der Waals surface area (Å²) in [5.41, 5.74) is 3.07. The van der Waals surface area contributed by atoms with Crippen LogP contribution in [-0.4, -0.2) is 16.6 Å². The number of carbonyl (C=O) groups is 2. The molecule has 0 fully saturated rings. The van der Waals surface area contributed by atoms with Crippen LogP contribution < -0.4 is 0 Å². The third-order valence-electron chi connectivity index (χ3n) is 2.74. The fourth-order valence-electron chi connectivity index (χ4n) is 1.80. The molecule has 0 saturated carbocycles. The van der Waals surface area contributed by atoms with Gasteiger partial charge in [0.15, 0.2) is 0 Å². The van der Waals surface area contributed by atoms with E-state index in [9.17, 15) is 9.59 Å². The van der Waals surface area contributed by atoms with Gasteiger partial charge in [0.05, 0.1) is 5.69 Å². The van der Waals surface area contributed by atoms with Crippen molar-refractivity contribution in [2.45, 2.75) is 20.3 Å². The molecule has 0 amide bonds. The van der Waals surface area contributed by atoms with E-state index in [0.29, 0.717) is 17.7 Å². The van der Waals surface area contributed by atoms with E-state index in [1.165, 1.54) is 6.92 Å². The summed E-state index contributed by atoms with van der Waals surface area (Å²) in [6.07, 6.45) is 0.335. The average molecular weight is 241 g/mol. The average Bonchev–Trinajstić information content (AvgIpc) is 2.76. The van der Waals surface area contributed by atoms with Gasteiger partial charge < -0.3 is 4.98 Å². The predicted molar refractivity (Wildman–Crippen MR) is 69.8 cm³/mol. The van der Waals surface area contributed by atoms with Gasteiger partial charge in [-0.1, -0.05) is 29.8 Å². The number of aromatic amines is 1. The number of carbonyl (C=O) groups excluding carboxylic acids is 2. The first-order valence-electron chi connectivity index (χ1n) is 5.85. The van der Waals surface area contributed by atoms with Gasteiger partial charge >= 0.3 is 0 Å². The highest BCUT2D eigenvalue weighted by atomic mass is 16.1. The zero-order valence-corrected chi connectivity index (χ0v) is 10.5. The molecule has 0 atom stereocenters. The first-order valence-corrected chi connectivity index (χ1v) is 5.85. The number of aryl methyl sites for hydroxylation is 1. The lowest BCUT2D eigenvalue weighted by molar-refractivity contribution is -0.116. The van der Waals surface area contributed by atoms with E-state index in [1.54, 1.807) is 12.1 Å². The number of benzene rings is 1. The van der Waals surface area contributed by atoms with Crippen molar-refractivity contribution >= 4 is 11.6 Å². The number of Topliss-reactive ketones (excluding diaryl/α,β-unsaturated/α-hetero) is 1. The summed E-state index contributed by atoms with van der Waals surface area (Å²) >= 11 is 0. The number of hydrogen-bond acceptors (Lipinski definition) is 2. The molecule has 18 heavy (non-hydrogen) atoms. The maximum Gasteiger partial charge on any atom is 0.209 e. The summed E-state index contributed by atoms with van der Waals surface area (Å²) in [4.78, 5) is 26.1. The number of nitrogens with one attached hydrogen (secondary N) is 1. The van der Waals surface area contributed by atoms with Gasteiger partial charge in [0.2, 0.25) is 5.78 Å². The quantitative estimate of drug-likeness (QED) is 0.837. The Morgan fingerprint density at radius 1 is 1.06 bits per heavy atom. The molecule has 92 valence electrons. The highest BCUT2D eigenvalue weighted by Gasteiger charge is 2.11. The van der Waals surface area contributed by atoms with Crippen molar-refractivity contribution < 1.29 is 9.59 Å². The molecule has 0 bridgehead atoms. The lowest BCUT2D eigenvalue weighted by Gasteiger charge is -1.99. The van der Waals surface area contributed by atoms with Crippen molar-refractivity contribution in [2.75, 3.05) is 0 Å². The van der Waals surface area contributed by atoms with E-state index >= 15 is 0 Å². The van der Waals surface area contributed by atoms with Gasteiger partial charge in [-0.3, -0.25) is 9.59 Å². The van der Waals surface area contributed by atoms with Crippen LogP contribution in [-0.2, 0) is 11.2 Å². The van der Waals surface area contributed by atoms with E-state index in [4.69, 9.17) is 0 Å². The molecule has 1 aromatic carbocycles. The Kier molecular flexibility index (Phi) is 3.42. The van der Waals surface area contributed by atoms with Gasteiger partial charge in [0, 0.05) is 17.7 Å². The molecule has 1 aromatic heterocycles. The molecule has 3 heteroatoms. The molecule has 3 nitrogen and oxygen atoms in total. The summed E-state index contributed by atoms with van der Waals surface area (Å²) in [7, 11) is 0. The molecular formula is C15H15NO2. The van der Waals surface area contributed by atoms with Crippen LogP contribution in [0.2, 0.25) is 0 Å². The molecule has 0 aliphatic heterocycles. The molecule has 2 rings (SSSR count). The van der Waals surface area contributed by atoms with Crippen LogP contribution in [0.5, 0.6) is 0 Å². The summed E-state index contributed by atoms with van der Waals surface area (Å²) in [5, 5.41) is 0. The maximum atomic E-state index is 12.1. The van der Waals surface area contributed by atoms with Crippen molar-refractivity contribution in [1.82, 2.24) is 4.98 Å². The van der Waals surface area contributed by atoms with Crippen LogP contribution in [0.3, 0.4) is 0 Å². The number of rotatable bonds is 4. The van der Waals surface area contributed by atoms with Gasteiger partial charge in [-0.15, -0.1) is 0 Å². The summed E-state index contributed by atoms with van der Waals surface area (Å²) < 4.78 is 0. The summed E-state index contributed by atoms with van der Waals surface area (Å²) in [6.45, 7) is 3.51. The highest BCUT2D eigenvalue weighted by molar-refractivity contribution is 6.07. The second kappa shape index (κ2) is 5.00. The molecule has 2 aromatic rings. The van der Waals surface area contributed by atoms with E-state index in [2.05, 4.69) is 4.98 Å². The number of aromatic nitrogens is 1. The predicted octanol–water partition coefficient (Wildman–Crippen LogP) is 2.69. The van der Waals surface area contributed by atoms with Crippen molar-refractivity contribution in [3.63, 3.8) is 0 Å². The standard InChI is InChI=1S/C15H15NO2/c1-10-3-5-12(6-4-10)15(18)14-8-7-13(16-14)9-11(2)17/h3-8,16H,9H2,1-2H3. The van der Waals surface area contributed by atoms with Crippen molar-refractivity contribution in [1.29, 1.82) is 0 Å². The van der Waals surface area contributed by atoms with E-state index < -0.39 is 0 Å². The van der Waals surface area contributed by atoms with Gasteiger partial charge in [0.1, 0.15) is 5.78 Å². The van der Waals surface area contributed by atoms with Crippen LogP contribution in [0, 0.1) is 6.92 Å². The Morgan fingerprint density at radius 2 is 1.72 bits per heavy atom. The number of H-pyrrole nitrogens is 1. The number of ketones is 2. The van der Waals surface area contributed by atoms with Gasteiger partial charge in [-0.25, -0.2) is 0 Å². The SMILES string of the molecule is CC(=O)Cc1ccc(C(=O)c2ccc(C)cc2)[nH]1. The molecular weight excluding hydrogens is 226 g/mol. The second-order valence-electron chi connectivity index (χ2n) is 4.47. The molecule has 0 spiro atoms. The minimum Gasteiger partial charge on any atom is -0.355 e. The van der Waals surface area contributed by atoms with Crippen LogP contribution in [0.15, 0.2) is 36.4 Å². The fraction of sp³-hybridized carbons (Fsp3) is 0.200. The Balaban J connectivity index is 2.21. The van der Waals surface area contributed by atoms with E-state index in [1.807, 2.05) is 31.2 Å². The Labute approximate surface area is 106 Å². The molecule has 0 aliphatic carbocycles. The molecule has 1 heterocycles. The second-order valence-corrected chi connectivity index (χ2v) is 4.47. The van der Waals surface area contributed by atoms with Crippen LogP contribution in [0.1, 0.15) is 34.2 Å². The van der Waals surface area contributed by atoms with Gasteiger partial charge in [-0.2, -0.15) is 0 Å². The van der Waals surface area contributed by atoms with Gasteiger partial charge in [0.25, 0.3) is 0 Å². The first-order chi connectivity index (χ1) is 8.56. The van der Waals surface area contributed by atoms with Crippen LogP contribution in [0.25, 0.3) is 0 Å². The smallest absolute Gasteiger partial charge is 0.209 e. The maximum absolute atomic E-state index is 12.1. The Hall–Kier alpha value is -2.16. The van der Waals surface area contributed by atoms with Crippen molar-refractivity contribution in [3.05, 3.63) is 58.9 Å². The minimum atomic E-state index is -0.0511. The van der Waals surface area contributed by atoms with E-state index in [0.717, 1.165) is 11.3 Å². The molecule has 0 saturated heterocycles. The lowest BCUT2D eigenvalue weighted by atomic mass is 10.1. The molecule has 0 radical (unpaired) electrons. The van der Waals surface area contributed by atoms with Crippen molar-refractivity contribution in [3.8, 4) is 0 Å². The first kappa shape index (κ1) is 12.3. The van der Waals surface area contributed by atoms with E-state index in [-0.39, 0.29) is 11.6 Å². The third kappa shape index (κ3) is 2.74. The topological polar surface area (TPSA) is 49.9 Å². The fourth-order valence-corrected chi connectivity index (χ4v) is 1.80. The summed E-state index contributed by atoms with van der Waals surface area (Å²) in [6, 6.07) is 10.9. The highest BCUT2D eigenvalue weighted by Crippen LogP contribution is 2.11. The number of hydrogen-bond donors (Lipinski definition) is 1. The third-order valence-corrected chi connectivity index (χ3v) is 2.74. The normalized spacial score (nSPS) is 10.3. The van der Waals surface area contributed by atoms with Crippen LogP contribution in [0.4, 0.5) is 0 Å². The Bertz CT molecular complexity index is 579. The minimum absolute atomic E-state index is 0.0511.